The molecule has 2 aliphatic rings. The van der Waals surface area contributed by atoms with Gasteiger partial charge in [-0.25, -0.2) is 4.98 Å². The topological polar surface area (TPSA) is 121 Å². The van der Waals surface area contributed by atoms with Crippen molar-refractivity contribution < 1.29 is 27.9 Å². The maximum atomic E-state index is 12.9. The summed E-state index contributed by atoms with van der Waals surface area (Å²) in [5.41, 5.74) is 4.67. The molecule has 1 aliphatic heterocycles. The van der Waals surface area contributed by atoms with Gasteiger partial charge in [-0.15, -0.1) is 11.3 Å². The van der Waals surface area contributed by atoms with E-state index in [-0.39, 0.29) is 30.1 Å². The molecule has 1 aromatic heterocycles. The van der Waals surface area contributed by atoms with Crippen LogP contribution in [0.1, 0.15) is 43.2 Å². The number of carbonyl (C=O) groups excluding carboxylic acids is 2. The van der Waals surface area contributed by atoms with E-state index < -0.39 is 35.2 Å². The summed E-state index contributed by atoms with van der Waals surface area (Å²) in [6.45, 7) is 2.78. The van der Waals surface area contributed by atoms with Gasteiger partial charge in [0.15, 0.2) is 0 Å². The summed E-state index contributed by atoms with van der Waals surface area (Å²) in [5, 5.41) is 18.6. The number of nitrogens with two attached hydrogens (primary N) is 1. The summed E-state index contributed by atoms with van der Waals surface area (Å²) in [4.78, 5) is 31.7. The number of nitrogens with zero attached hydrogens (tertiary/aromatic N) is 2. The Labute approximate surface area is 217 Å². The highest BCUT2D eigenvalue weighted by Gasteiger charge is 2.43. The Kier molecular flexibility index (Phi) is 8.22. The van der Waals surface area contributed by atoms with Crippen LogP contribution in [0.4, 0.5) is 18.9 Å². The van der Waals surface area contributed by atoms with Gasteiger partial charge in [-0.1, -0.05) is 13.0 Å². The minimum atomic E-state index is -4.52. The van der Waals surface area contributed by atoms with E-state index in [0.29, 0.717) is 25.9 Å². The Morgan fingerprint density at radius 3 is 2.62 bits per heavy atom. The standard InChI is InChI=1S/C25H32F3N5O3S/c1-15-13-33(18-5-7-24(36,8-6-18)23-30-9-10-37-23)14-19(29)21(15)22(35)31-12-20(34)32-17-4-2-3-16(11-17)25(26,27)28/h2-4,9-11,15,18-19,21,36H,5-8,12-14,29H2,1H3,(H,31,35)(H,32,34)/t15-,18?,19+,21-,24?/m1/s1. The molecule has 2 heterocycles. The quantitative estimate of drug-likeness (QED) is 0.448. The first-order valence-electron chi connectivity index (χ1n) is 12.3. The Morgan fingerprint density at radius 1 is 1.27 bits per heavy atom. The van der Waals surface area contributed by atoms with Gasteiger partial charge in [0.05, 0.1) is 18.0 Å². The number of hydrogen-bond acceptors (Lipinski definition) is 7. The van der Waals surface area contributed by atoms with Crippen molar-refractivity contribution >= 4 is 28.8 Å². The average molecular weight is 540 g/mol. The van der Waals surface area contributed by atoms with Crippen molar-refractivity contribution in [2.75, 3.05) is 25.0 Å². The number of anilines is 1. The molecule has 0 spiro atoms. The third-order valence-corrected chi connectivity index (χ3v) is 8.34. The third kappa shape index (κ3) is 6.49. The van der Waals surface area contributed by atoms with Crippen LogP contribution in [0.15, 0.2) is 35.8 Å². The van der Waals surface area contributed by atoms with Crippen LogP contribution in [-0.2, 0) is 21.4 Å². The van der Waals surface area contributed by atoms with Crippen LogP contribution in [0.25, 0.3) is 0 Å². The van der Waals surface area contributed by atoms with Crippen molar-refractivity contribution in [3.8, 4) is 0 Å². The first-order chi connectivity index (χ1) is 17.5. The van der Waals surface area contributed by atoms with Gasteiger partial charge < -0.3 is 21.5 Å². The van der Waals surface area contributed by atoms with Gasteiger partial charge in [0, 0.05) is 42.4 Å². The second kappa shape index (κ2) is 11.1. The molecule has 2 aromatic rings. The minimum Gasteiger partial charge on any atom is -0.383 e. The van der Waals surface area contributed by atoms with Crippen LogP contribution >= 0.6 is 11.3 Å². The number of benzene rings is 1. The lowest BCUT2D eigenvalue weighted by Gasteiger charge is -2.46. The first-order valence-corrected chi connectivity index (χ1v) is 13.2. The number of aromatic nitrogens is 1. The zero-order valence-corrected chi connectivity index (χ0v) is 21.3. The number of nitrogens with one attached hydrogen (secondary N) is 2. The van der Waals surface area contributed by atoms with Gasteiger partial charge in [-0.2, -0.15) is 13.2 Å². The van der Waals surface area contributed by atoms with Gasteiger partial charge in [-0.05, 0) is 49.8 Å². The Hall–Kier alpha value is -2.54. The van der Waals surface area contributed by atoms with Crippen LogP contribution in [0.5, 0.6) is 0 Å². The molecule has 1 saturated carbocycles. The predicted molar refractivity (Wildman–Crippen MR) is 134 cm³/mol. The molecule has 1 aliphatic carbocycles. The molecule has 2 amide bonds. The monoisotopic (exact) mass is 539 g/mol. The molecule has 1 aromatic carbocycles. The molecule has 37 heavy (non-hydrogen) atoms. The van der Waals surface area contributed by atoms with Crippen LogP contribution in [0.2, 0.25) is 0 Å². The molecule has 0 radical (unpaired) electrons. The minimum absolute atomic E-state index is 0.00157. The van der Waals surface area contributed by atoms with E-state index in [9.17, 15) is 27.9 Å². The average Bonchev–Trinajstić information content (AvgIpc) is 3.38. The highest BCUT2D eigenvalue weighted by molar-refractivity contribution is 7.09. The van der Waals surface area contributed by atoms with E-state index >= 15 is 0 Å². The summed E-state index contributed by atoms with van der Waals surface area (Å²) in [6, 6.07) is 4.15. The van der Waals surface area contributed by atoms with Crippen molar-refractivity contribution in [1.29, 1.82) is 0 Å². The number of likely N-dealkylation sites (tertiary alicyclic amines) is 1. The van der Waals surface area contributed by atoms with E-state index in [1.807, 2.05) is 12.3 Å². The second-order valence-corrected chi connectivity index (χ2v) is 11.0. The lowest BCUT2D eigenvalue weighted by molar-refractivity contribution is -0.137. The van der Waals surface area contributed by atoms with Crippen LogP contribution in [0, 0.1) is 11.8 Å². The zero-order valence-electron chi connectivity index (χ0n) is 20.5. The fourth-order valence-electron chi connectivity index (χ4n) is 5.49. The van der Waals surface area contributed by atoms with Gasteiger partial charge in [0.25, 0.3) is 0 Å². The molecular weight excluding hydrogens is 507 g/mol. The van der Waals surface area contributed by atoms with Gasteiger partial charge in [0.1, 0.15) is 10.6 Å². The zero-order chi connectivity index (χ0) is 26.8. The summed E-state index contributed by atoms with van der Waals surface area (Å²) in [6.07, 6.45) is 0.0440. The third-order valence-electron chi connectivity index (χ3n) is 7.37. The van der Waals surface area contributed by atoms with E-state index in [1.54, 1.807) is 6.20 Å². The van der Waals surface area contributed by atoms with Crippen molar-refractivity contribution in [3.05, 3.63) is 46.4 Å². The Bertz CT molecular complexity index is 1080. The highest BCUT2D eigenvalue weighted by atomic mass is 32.1. The van der Waals surface area contributed by atoms with Crippen LogP contribution < -0.4 is 16.4 Å². The number of carbonyl (C=O) groups is 2. The van der Waals surface area contributed by atoms with Gasteiger partial charge in [0.2, 0.25) is 11.8 Å². The van der Waals surface area contributed by atoms with Crippen molar-refractivity contribution in [1.82, 2.24) is 15.2 Å². The van der Waals surface area contributed by atoms with Gasteiger partial charge >= 0.3 is 6.18 Å². The van der Waals surface area contributed by atoms with Crippen molar-refractivity contribution in [2.45, 2.75) is 56.5 Å². The number of hydrogen-bond donors (Lipinski definition) is 4. The molecule has 12 heteroatoms. The number of aliphatic hydroxyl groups is 1. The largest absolute Gasteiger partial charge is 0.416 e. The molecule has 0 bridgehead atoms. The first kappa shape index (κ1) is 27.5. The van der Waals surface area contributed by atoms with Crippen LogP contribution in [-0.4, -0.2) is 58.5 Å². The van der Waals surface area contributed by atoms with Crippen molar-refractivity contribution in [3.63, 3.8) is 0 Å². The summed E-state index contributed by atoms with van der Waals surface area (Å²) in [7, 11) is 0. The lowest BCUT2D eigenvalue weighted by atomic mass is 9.78. The SMILES string of the molecule is C[C@@H]1CN(C2CCC(O)(c3nccs3)CC2)C[C@H](N)[C@@H]1C(=O)NCC(=O)Nc1cccc(C(F)(F)F)c1. The van der Waals surface area contributed by atoms with E-state index in [2.05, 4.69) is 20.5 Å². The molecule has 5 N–H and O–H groups in total. The lowest BCUT2D eigenvalue weighted by Crippen LogP contribution is -2.60. The Morgan fingerprint density at radius 2 is 2.00 bits per heavy atom. The summed E-state index contributed by atoms with van der Waals surface area (Å²) >= 11 is 1.46. The molecule has 2 fully saturated rings. The molecule has 1 saturated heterocycles. The Balaban J connectivity index is 1.26. The number of rotatable bonds is 6. The maximum absolute atomic E-state index is 12.9. The number of alkyl halides is 3. The second-order valence-electron chi connectivity index (χ2n) is 10.1. The number of piperidine rings is 1. The smallest absolute Gasteiger partial charge is 0.383 e. The van der Waals surface area contributed by atoms with Crippen molar-refractivity contribution in [2.24, 2.45) is 17.6 Å². The normalized spacial score (nSPS) is 29.0. The molecule has 8 nitrogen and oxygen atoms in total. The van der Waals surface area contributed by atoms with E-state index in [0.717, 1.165) is 30.0 Å². The number of amides is 2. The molecular formula is C25H32F3N5O3S. The fraction of sp³-hybridized carbons (Fsp3) is 0.560. The predicted octanol–water partition coefficient (Wildman–Crippen LogP) is 2.94. The highest BCUT2D eigenvalue weighted by Crippen LogP contribution is 2.40. The maximum Gasteiger partial charge on any atom is 0.416 e. The molecule has 0 unspecified atom stereocenters. The van der Waals surface area contributed by atoms with E-state index in [4.69, 9.17) is 5.73 Å². The molecule has 202 valence electrons. The van der Waals surface area contributed by atoms with Gasteiger partial charge in [-0.3, -0.25) is 14.5 Å². The summed E-state index contributed by atoms with van der Waals surface area (Å²) < 4.78 is 38.6. The van der Waals surface area contributed by atoms with Crippen LogP contribution in [0.3, 0.4) is 0 Å². The summed E-state index contributed by atoms with van der Waals surface area (Å²) in [5.74, 6) is -1.52. The fourth-order valence-corrected chi connectivity index (χ4v) is 6.29. The van der Waals surface area contributed by atoms with E-state index in [1.165, 1.54) is 23.5 Å². The number of thiazole rings is 1. The molecule has 3 atom stereocenters. The number of halogens is 3. The molecule has 4 rings (SSSR count).